The van der Waals surface area contributed by atoms with Crippen LogP contribution in [0.25, 0.3) is 10.9 Å². The van der Waals surface area contributed by atoms with Crippen LogP contribution in [0.2, 0.25) is 0 Å². The summed E-state index contributed by atoms with van der Waals surface area (Å²) >= 11 is 0. The molecule has 0 saturated carbocycles. The molecule has 4 rings (SSSR count). The minimum absolute atomic E-state index is 0.0939. The predicted octanol–water partition coefficient (Wildman–Crippen LogP) is 2.21. The van der Waals surface area contributed by atoms with Gasteiger partial charge in [0.25, 0.3) is 0 Å². The van der Waals surface area contributed by atoms with E-state index in [2.05, 4.69) is 4.98 Å². The highest BCUT2D eigenvalue weighted by molar-refractivity contribution is 6.00. The molecule has 8 heteroatoms. The Hall–Kier alpha value is -3.81. The maximum absolute atomic E-state index is 12.2. The van der Waals surface area contributed by atoms with Crippen molar-refractivity contribution in [3.05, 3.63) is 54.1 Å². The highest BCUT2D eigenvalue weighted by atomic mass is 16.7. The van der Waals surface area contributed by atoms with Gasteiger partial charge in [0.2, 0.25) is 12.7 Å². The largest absolute Gasteiger partial charge is 0.454 e. The molecule has 4 N–H and O–H groups in total. The quantitative estimate of drug-likeness (QED) is 0.735. The first-order valence-corrected chi connectivity index (χ1v) is 8.19. The van der Waals surface area contributed by atoms with E-state index in [9.17, 15) is 9.59 Å². The number of fused-ring (bicyclic) bond motifs is 2. The van der Waals surface area contributed by atoms with Crippen LogP contribution in [0.15, 0.2) is 48.5 Å². The van der Waals surface area contributed by atoms with Gasteiger partial charge in [0.05, 0.1) is 17.6 Å². The molecule has 3 aromatic rings. The average molecular weight is 364 g/mol. The van der Waals surface area contributed by atoms with Crippen molar-refractivity contribution in [1.82, 2.24) is 4.98 Å². The molecule has 0 radical (unpaired) electrons. The van der Waals surface area contributed by atoms with E-state index in [0.29, 0.717) is 28.3 Å². The normalized spacial score (nSPS) is 12.1. The summed E-state index contributed by atoms with van der Waals surface area (Å²) in [5, 5.41) is 0.733. The topological polar surface area (TPSA) is 121 Å². The number of para-hydroxylation sites is 1. The van der Waals surface area contributed by atoms with Crippen molar-refractivity contribution in [1.29, 1.82) is 0 Å². The molecule has 0 saturated heterocycles. The smallest absolute Gasteiger partial charge is 0.325 e. The number of urea groups is 1. The van der Waals surface area contributed by atoms with Crippen molar-refractivity contribution < 1.29 is 19.1 Å². The second-order valence-electron chi connectivity index (χ2n) is 6.02. The third kappa shape index (κ3) is 3.08. The Morgan fingerprint density at radius 3 is 2.41 bits per heavy atom. The Bertz CT molecular complexity index is 1050. The van der Waals surface area contributed by atoms with Gasteiger partial charge in [-0.25, -0.2) is 14.7 Å². The number of pyridine rings is 1. The Labute approximate surface area is 154 Å². The second-order valence-corrected chi connectivity index (χ2v) is 6.02. The summed E-state index contributed by atoms with van der Waals surface area (Å²) in [6.45, 7) is 0.129. The first-order chi connectivity index (χ1) is 13.0. The highest BCUT2D eigenvalue weighted by Crippen LogP contribution is 2.38. The maximum Gasteiger partial charge on any atom is 0.325 e. The fraction of sp³-hybridized carbons (Fsp3) is 0.105. The van der Waals surface area contributed by atoms with Crippen LogP contribution in [0.5, 0.6) is 11.5 Å². The van der Waals surface area contributed by atoms with Gasteiger partial charge in [0.1, 0.15) is 5.82 Å². The Morgan fingerprint density at radius 2 is 1.74 bits per heavy atom. The van der Waals surface area contributed by atoms with Crippen molar-refractivity contribution in [3.63, 3.8) is 0 Å². The molecule has 0 unspecified atom stereocenters. The van der Waals surface area contributed by atoms with Crippen LogP contribution < -0.4 is 25.8 Å². The van der Waals surface area contributed by atoms with Crippen LogP contribution >= 0.6 is 0 Å². The number of hydrogen-bond donors (Lipinski definition) is 2. The molecule has 1 aromatic heterocycles. The van der Waals surface area contributed by atoms with Crippen LogP contribution in [-0.2, 0) is 11.2 Å². The van der Waals surface area contributed by atoms with Crippen LogP contribution in [0, 0.1) is 0 Å². The van der Waals surface area contributed by atoms with E-state index in [0.717, 1.165) is 5.39 Å². The van der Waals surface area contributed by atoms with E-state index in [-0.39, 0.29) is 19.0 Å². The number of aromatic nitrogens is 1. The van der Waals surface area contributed by atoms with Gasteiger partial charge in [-0.15, -0.1) is 0 Å². The molecule has 136 valence electrons. The van der Waals surface area contributed by atoms with Gasteiger partial charge < -0.3 is 20.9 Å². The van der Waals surface area contributed by atoms with Crippen LogP contribution in [0.4, 0.5) is 16.3 Å². The Morgan fingerprint density at radius 1 is 1.04 bits per heavy atom. The third-order valence-corrected chi connectivity index (χ3v) is 4.18. The molecule has 0 atom stereocenters. The summed E-state index contributed by atoms with van der Waals surface area (Å²) in [6, 6.07) is 13.4. The van der Waals surface area contributed by atoms with Crippen molar-refractivity contribution in [3.8, 4) is 11.5 Å². The number of anilines is 2. The molecule has 2 aromatic carbocycles. The minimum atomic E-state index is -0.723. The van der Waals surface area contributed by atoms with Gasteiger partial charge in [-0.2, -0.15) is 0 Å². The number of amides is 3. The van der Waals surface area contributed by atoms with E-state index >= 15 is 0 Å². The van der Waals surface area contributed by atoms with Crippen molar-refractivity contribution in [2.45, 2.75) is 6.42 Å². The lowest BCUT2D eigenvalue weighted by atomic mass is 10.1. The molecule has 0 spiro atoms. The van der Waals surface area contributed by atoms with Gasteiger partial charge in [-0.1, -0.05) is 18.2 Å². The molecular weight excluding hydrogens is 348 g/mol. The highest BCUT2D eigenvalue weighted by Gasteiger charge is 2.23. The Kier molecular flexibility index (Phi) is 4.00. The zero-order valence-corrected chi connectivity index (χ0v) is 14.2. The second kappa shape index (κ2) is 6.49. The molecule has 0 aliphatic carbocycles. The van der Waals surface area contributed by atoms with Crippen LogP contribution in [0.1, 0.15) is 5.56 Å². The molecule has 8 nitrogen and oxygen atoms in total. The zero-order valence-electron chi connectivity index (χ0n) is 14.2. The number of carbonyl (C=O) groups is 2. The van der Waals surface area contributed by atoms with E-state index in [1.54, 1.807) is 42.5 Å². The monoisotopic (exact) mass is 364 g/mol. The minimum Gasteiger partial charge on any atom is -0.454 e. The number of benzene rings is 2. The van der Waals surface area contributed by atoms with Crippen molar-refractivity contribution in [2.75, 3.05) is 11.7 Å². The average Bonchev–Trinajstić information content (AvgIpc) is 3.08. The number of nitrogens with two attached hydrogens (primary N) is 2. The summed E-state index contributed by atoms with van der Waals surface area (Å²) in [6.07, 6.45) is -0.0939. The number of carbonyl (C=O) groups excluding carboxylic acids is 2. The number of nitrogens with zero attached hydrogens (tertiary/aromatic N) is 2. The third-order valence-electron chi connectivity index (χ3n) is 4.18. The standard InChI is InChI=1S/C19H16N4O4/c20-17(24)8-12-6-11-7-15-16(27-10-26-15)9-14(11)22-18(12)23(19(21)25)13-4-2-1-3-5-13/h1-7,9H,8,10H2,(H2,20,24)(H2,21,25). The van der Waals surface area contributed by atoms with Crippen molar-refractivity contribution >= 4 is 34.3 Å². The first-order valence-electron chi connectivity index (χ1n) is 8.19. The van der Waals surface area contributed by atoms with Crippen LogP contribution in [0.3, 0.4) is 0 Å². The van der Waals surface area contributed by atoms with E-state index in [4.69, 9.17) is 20.9 Å². The van der Waals surface area contributed by atoms with E-state index < -0.39 is 11.9 Å². The molecular formula is C19H16N4O4. The van der Waals surface area contributed by atoms with Gasteiger partial charge in [0.15, 0.2) is 11.5 Å². The number of primary amides is 2. The summed E-state index contributed by atoms with van der Waals surface area (Å²) in [5.41, 5.74) is 12.6. The van der Waals surface area contributed by atoms with Gasteiger partial charge >= 0.3 is 6.03 Å². The summed E-state index contributed by atoms with van der Waals surface area (Å²) in [4.78, 5) is 29.6. The lowest BCUT2D eigenvalue weighted by Crippen LogP contribution is -2.33. The maximum atomic E-state index is 12.2. The SMILES string of the molecule is NC(=O)Cc1cc2cc3c(cc2nc1N(C(N)=O)c1ccccc1)OCO3. The molecule has 0 bridgehead atoms. The zero-order chi connectivity index (χ0) is 19.0. The molecule has 0 fully saturated rings. The summed E-state index contributed by atoms with van der Waals surface area (Å²) in [7, 11) is 0. The van der Waals surface area contributed by atoms with Crippen molar-refractivity contribution in [2.24, 2.45) is 11.5 Å². The van der Waals surface area contributed by atoms with Gasteiger partial charge in [-0.05, 0) is 24.3 Å². The van der Waals surface area contributed by atoms with Gasteiger partial charge in [-0.3, -0.25) is 4.79 Å². The fourth-order valence-corrected chi connectivity index (χ4v) is 3.04. The summed E-state index contributed by atoms with van der Waals surface area (Å²) in [5.74, 6) is 0.861. The summed E-state index contributed by atoms with van der Waals surface area (Å²) < 4.78 is 10.8. The number of hydrogen-bond acceptors (Lipinski definition) is 5. The molecule has 1 aliphatic heterocycles. The lowest BCUT2D eigenvalue weighted by molar-refractivity contribution is -0.117. The number of ether oxygens (including phenoxy) is 2. The predicted molar refractivity (Wildman–Crippen MR) is 98.9 cm³/mol. The number of rotatable bonds is 4. The van der Waals surface area contributed by atoms with E-state index in [1.807, 2.05) is 6.07 Å². The fourth-order valence-electron chi connectivity index (χ4n) is 3.04. The van der Waals surface area contributed by atoms with Crippen LogP contribution in [-0.4, -0.2) is 23.7 Å². The molecule has 1 aliphatic rings. The molecule has 3 amide bonds. The Balaban J connectivity index is 1.94. The molecule has 2 heterocycles. The lowest BCUT2D eigenvalue weighted by Gasteiger charge is -2.22. The van der Waals surface area contributed by atoms with E-state index in [1.165, 1.54) is 4.90 Å². The molecule has 27 heavy (non-hydrogen) atoms. The first kappa shape index (κ1) is 16.6. The van der Waals surface area contributed by atoms with Gasteiger partial charge in [0, 0.05) is 17.0 Å².